The van der Waals surface area contributed by atoms with Gasteiger partial charge in [0.25, 0.3) is 0 Å². The van der Waals surface area contributed by atoms with E-state index in [4.69, 9.17) is 4.74 Å². The standard InChI is InChI=1S/C16H24N2O3/c1-21-12-14-6-3-2-5-13(14)9-17-16(20)11-18-8-4-7-15(19)10-18/h2-3,5-6,15,19H,4,7-12H2,1H3,(H,17,20). The SMILES string of the molecule is COCc1ccccc1CNC(=O)CN1CCCC(O)C1. The molecule has 1 fully saturated rings. The van der Waals surface area contributed by atoms with E-state index in [1.807, 2.05) is 29.2 Å². The van der Waals surface area contributed by atoms with E-state index in [0.717, 1.165) is 30.5 Å². The fraction of sp³-hybridized carbons (Fsp3) is 0.562. The second kappa shape index (κ2) is 8.12. The van der Waals surface area contributed by atoms with E-state index in [-0.39, 0.29) is 12.0 Å². The van der Waals surface area contributed by atoms with E-state index in [9.17, 15) is 9.90 Å². The molecule has 1 aromatic carbocycles. The van der Waals surface area contributed by atoms with Gasteiger partial charge in [0.2, 0.25) is 5.91 Å². The van der Waals surface area contributed by atoms with E-state index in [1.54, 1.807) is 7.11 Å². The third-order valence-corrected chi connectivity index (χ3v) is 3.74. The lowest BCUT2D eigenvalue weighted by atomic mass is 10.1. The molecule has 0 bridgehead atoms. The lowest BCUT2D eigenvalue weighted by Gasteiger charge is -2.29. The van der Waals surface area contributed by atoms with Crippen LogP contribution in [0.5, 0.6) is 0 Å². The van der Waals surface area contributed by atoms with Gasteiger partial charge in [0.05, 0.1) is 19.3 Å². The Labute approximate surface area is 125 Å². The monoisotopic (exact) mass is 292 g/mol. The number of nitrogens with one attached hydrogen (secondary N) is 1. The fourth-order valence-corrected chi connectivity index (χ4v) is 2.65. The van der Waals surface area contributed by atoms with Crippen molar-refractivity contribution in [2.24, 2.45) is 0 Å². The summed E-state index contributed by atoms with van der Waals surface area (Å²) in [7, 11) is 1.66. The summed E-state index contributed by atoms with van der Waals surface area (Å²) in [6.45, 7) is 2.88. The molecule has 5 heteroatoms. The predicted molar refractivity (Wildman–Crippen MR) is 80.7 cm³/mol. The van der Waals surface area contributed by atoms with Gasteiger partial charge in [-0.25, -0.2) is 0 Å². The molecule has 1 atom stereocenters. The molecule has 2 rings (SSSR count). The van der Waals surface area contributed by atoms with Crippen molar-refractivity contribution < 1.29 is 14.6 Å². The number of aliphatic hydroxyl groups is 1. The van der Waals surface area contributed by atoms with Crippen molar-refractivity contribution >= 4 is 5.91 Å². The number of benzene rings is 1. The molecule has 2 N–H and O–H groups in total. The number of piperidine rings is 1. The highest BCUT2D eigenvalue weighted by molar-refractivity contribution is 5.78. The van der Waals surface area contributed by atoms with Crippen LogP contribution in [0.4, 0.5) is 0 Å². The molecule has 1 amide bonds. The van der Waals surface area contributed by atoms with Crippen molar-refractivity contribution in [2.75, 3.05) is 26.7 Å². The minimum Gasteiger partial charge on any atom is -0.392 e. The van der Waals surface area contributed by atoms with Crippen molar-refractivity contribution in [3.05, 3.63) is 35.4 Å². The zero-order valence-corrected chi connectivity index (χ0v) is 12.5. The zero-order valence-electron chi connectivity index (χ0n) is 12.5. The first-order valence-corrected chi connectivity index (χ1v) is 7.42. The fourth-order valence-electron chi connectivity index (χ4n) is 2.65. The summed E-state index contributed by atoms with van der Waals surface area (Å²) in [6, 6.07) is 7.93. The van der Waals surface area contributed by atoms with Crippen LogP contribution >= 0.6 is 0 Å². The van der Waals surface area contributed by atoms with Crippen LogP contribution in [0.2, 0.25) is 0 Å². The third-order valence-electron chi connectivity index (χ3n) is 3.74. The summed E-state index contributed by atoms with van der Waals surface area (Å²) < 4.78 is 5.16. The van der Waals surface area contributed by atoms with Crippen LogP contribution in [0.1, 0.15) is 24.0 Å². The highest BCUT2D eigenvalue weighted by Crippen LogP contribution is 2.11. The molecule has 0 spiro atoms. The third kappa shape index (κ3) is 5.12. The minimum absolute atomic E-state index is 0.00341. The Bertz CT molecular complexity index is 465. The molecule has 1 aromatic rings. The van der Waals surface area contributed by atoms with Gasteiger partial charge in [-0.2, -0.15) is 0 Å². The number of amides is 1. The average Bonchev–Trinajstić information content (AvgIpc) is 2.47. The number of hydrogen-bond donors (Lipinski definition) is 2. The highest BCUT2D eigenvalue weighted by Gasteiger charge is 2.19. The van der Waals surface area contributed by atoms with Crippen molar-refractivity contribution in [3.8, 4) is 0 Å². The van der Waals surface area contributed by atoms with Crippen LogP contribution in [0.3, 0.4) is 0 Å². The average molecular weight is 292 g/mol. The normalized spacial score (nSPS) is 19.4. The molecule has 0 aliphatic carbocycles. The van der Waals surface area contributed by atoms with Crippen molar-refractivity contribution in [3.63, 3.8) is 0 Å². The summed E-state index contributed by atoms with van der Waals surface area (Å²) in [5.74, 6) is -0.00341. The Morgan fingerprint density at radius 2 is 2.19 bits per heavy atom. The summed E-state index contributed by atoms with van der Waals surface area (Å²) in [5, 5.41) is 12.6. The van der Waals surface area contributed by atoms with Gasteiger partial charge in [-0.3, -0.25) is 9.69 Å². The topological polar surface area (TPSA) is 61.8 Å². The predicted octanol–water partition coefficient (Wildman–Crippen LogP) is 0.906. The molecular weight excluding hydrogens is 268 g/mol. The van der Waals surface area contributed by atoms with E-state index >= 15 is 0 Å². The molecule has 1 aliphatic heterocycles. The molecule has 21 heavy (non-hydrogen) atoms. The van der Waals surface area contributed by atoms with Crippen LogP contribution in [-0.2, 0) is 22.7 Å². The number of β-amino-alcohol motifs (C(OH)–C–C–N with tert-alkyl or cyclic N) is 1. The summed E-state index contributed by atoms with van der Waals surface area (Å²) in [6.07, 6.45) is 1.49. The smallest absolute Gasteiger partial charge is 0.234 e. The molecule has 5 nitrogen and oxygen atoms in total. The first kappa shape index (κ1) is 15.9. The molecular formula is C16H24N2O3. The van der Waals surface area contributed by atoms with Gasteiger partial charge in [-0.05, 0) is 30.5 Å². The molecule has 1 heterocycles. The Morgan fingerprint density at radius 1 is 1.43 bits per heavy atom. The van der Waals surface area contributed by atoms with Crippen molar-refractivity contribution in [1.82, 2.24) is 10.2 Å². The van der Waals surface area contributed by atoms with Gasteiger partial charge in [0, 0.05) is 20.2 Å². The molecule has 1 aliphatic rings. The second-order valence-electron chi connectivity index (χ2n) is 5.51. The second-order valence-corrected chi connectivity index (χ2v) is 5.51. The van der Waals surface area contributed by atoms with E-state index in [0.29, 0.717) is 26.2 Å². The summed E-state index contributed by atoms with van der Waals surface area (Å²) >= 11 is 0. The van der Waals surface area contributed by atoms with Gasteiger partial charge in [-0.15, -0.1) is 0 Å². The number of carbonyl (C=O) groups excluding carboxylic acids is 1. The lowest BCUT2D eigenvalue weighted by molar-refractivity contribution is -0.123. The van der Waals surface area contributed by atoms with Gasteiger partial charge in [0.15, 0.2) is 0 Å². The van der Waals surface area contributed by atoms with Crippen LogP contribution < -0.4 is 5.32 Å². The Morgan fingerprint density at radius 3 is 2.90 bits per heavy atom. The Balaban J connectivity index is 1.81. The highest BCUT2D eigenvalue weighted by atomic mass is 16.5. The summed E-state index contributed by atoms with van der Waals surface area (Å²) in [4.78, 5) is 14.0. The largest absolute Gasteiger partial charge is 0.392 e. The lowest BCUT2D eigenvalue weighted by Crippen LogP contribution is -2.44. The minimum atomic E-state index is -0.297. The summed E-state index contributed by atoms with van der Waals surface area (Å²) in [5.41, 5.74) is 2.17. The molecule has 1 saturated heterocycles. The number of hydrogen-bond acceptors (Lipinski definition) is 4. The number of ether oxygens (including phenoxy) is 1. The maximum atomic E-state index is 12.0. The van der Waals surface area contributed by atoms with Gasteiger partial charge < -0.3 is 15.2 Å². The van der Waals surface area contributed by atoms with Crippen molar-refractivity contribution in [1.29, 1.82) is 0 Å². The quantitative estimate of drug-likeness (QED) is 0.818. The Hall–Kier alpha value is -1.43. The molecule has 0 radical (unpaired) electrons. The molecule has 0 aromatic heterocycles. The maximum Gasteiger partial charge on any atom is 0.234 e. The van der Waals surface area contributed by atoms with Crippen LogP contribution in [-0.4, -0.2) is 48.8 Å². The number of nitrogens with zero attached hydrogens (tertiary/aromatic N) is 1. The number of aliphatic hydroxyl groups excluding tert-OH is 1. The van der Waals surface area contributed by atoms with Crippen LogP contribution in [0.25, 0.3) is 0 Å². The molecule has 116 valence electrons. The first-order chi connectivity index (χ1) is 10.2. The first-order valence-electron chi connectivity index (χ1n) is 7.42. The van der Waals surface area contributed by atoms with E-state index in [1.165, 1.54) is 0 Å². The number of likely N-dealkylation sites (tertiary alicyclic amines) is 1. The van der Waals surface area contributed by atoms with E-state index in [2.05, 4.69) is 5.32 Å². The van der Waals surface area contributed by atoms with Gasteiger partial charge in [0.1, 0.15) is 0 Å². The van der Waals surface area contributed by atoms with Crippen LogP contribution in [0, 0.1) is 0 Å². The van der Waals surface area contributed by atoms with E-state index < -0.39 is 0 Å². The maximum absolute atomic E-state index is 12.0. The zero-order chi connectivity index (χ0) is 15.1. The molecule has 0 saturated carbocycles. The number of methoxy groups -OCH3 is 1. The van der Waals surface area contributed by atoms with Crippen LogP contribution in [0.15, 0.2) is 24.3 Å². The molecule has 1 unspecified atom stereocenters. The number of carbonyl (C=O) groups is 1. The van der Waals surface area contributed by atoms with Gasteiger partial charge in [-0.1, -0.05) is 24.3 Å². The Kier molecular flexibility index (Phi) is 6.17. The van der Waals surface area contributed by atoms with Crippen molar-refractivity contribution in [2.45, 2.75) is 32.1 Å². The number of rotatable bonds is 6. The van der Waals surface area contributed by atoms with Gasteiger partial charge >= 0.3 is 0 Å².